The zero-order valence-electron chi connectivity index (χ0n) is 8.59. The normalized spacial score (nSPS) is 20.6. The summed E-state index contributed by atoms with van der Waals surface area (Å²) >= 11 is 0. The second-order valence-electron chi connectivity index (χ2n) is 3.71. The van der Waals surface area contributed by atoms with Gasteiger partial charge in [-0.3, -0.25) is 4.79 Å². The fraction of sp³-hybridized carbons (Fsp3) is 0.364. The van der Waals surface area contributed by atoms with Crippen LogP contribution >= 0.6 is 0 Å². The van der Waals surface area contributed by atoms with Gasteiger partial charge in [-0.05, 0) is 18.1 Å². The van der Waals surface area contributed by atoms with Crippen LogP contribution in [0.2, 0.25) is 0 Å². The molecule has 1 aromatic carbocycles. The van der Waals surface area contributed by atoms with Crippen molar-refractivity contribution in [3.63, 3.8) is 0 Å². The molecule has 1 fully saturated rings. The SMILES string of the molecule is O=C1NCCN[C@H]1Cc1cccc(F)c1F. The Morgan fingerprint density at radius 2 is 2.12 bits per heavy atom. The largest absolute Gasteiger partial charge is 0.353 e. The average molecular weight is 226 g/mol. The van der Waals surface area contributed by atoms with Gasteiger partial charge in [0.1, 0.15) is 0 Å². The van der Waals surface area contributed by atoms with Crippen molar-refractivity contribution in [2.24, 2.45) is 0 Å². The molecule has 0 aliphatic carbocycles. The van der Waals surface area contributed by atoms with Crippen molar-refractivity contribution in [2.75, 3.05) is 13.1 Å². The van der Waals surface area contributed by atoms with Gasteiger partial charge in [0.05, 0.1) is 6.04 Å². The van der Waals surface area contributed by atoms with E-state index in [0.29, 0.717) is 13.1 Å². The van der Waals surface area contributed by atoms with E-state index in [4.69, 9.17) is 0 Å². The predicted octanol–water partition coefficient (Wildman–Crippen LogP) is 0.595. The summed E-state index contributed by atoms with van der Waals surface area (Å²) in [6.45, 7) is 1.22. The van der Waals surface area contributed by atoms with Crippen molar-refractivity contribution in [3.05, 3.63) is 35.4 Å². The predicted molar refractivity (Wildman–Crippen MR) is 54.9 cm³/mol. The highest BCUT2D eigenvalue weighted by Crippen LogP contribution is 2.13. The summed E-state index contributed by atoms with van der Waals surface area (Å²) in [5.74, 6) is -1.92. The van der Waals surface area contributed by atoms with Crippen molar-refractivity contribution in [2.45, 2.75) is 12.5 Å². The molecule has 3 nitrogen and oxygen atoms in total. The van der Waals surface area contributed by atoms with Gasteiger partial charge in [-0.1, -0.05) is 12.1 Å². The Hall–Kier alpha value is -1.49. The van der Waals surface area contributed by atoms with Gasteiger partial charge in [-0.25, -0.2) is 8.78 Å². The van der Waals surface area contributed by atoms with Crippen molar-refractivity contribution < 1.29 is 13.6 Å². The van der Waals surface area contributed by atoms with E-state index in [0.717, 1.165) is 6.07 Å². The van der Waals surface area contributed by atoms with Crippen LogP contribution in [-0.2, 0) is 11.2 Å². The Bertz CT molecular complexity index is 409. The molecule has 1 aliphatic heterocycles. The molecule has 1 saturated heterocycles. The highest BCUT2D eigenvalue weighted by atomic mass is 19.2. The van der Waals surface area contributed by atoms with E-state index >= 15 is 0 Å². The van der Waals surface area contributed by atoms with E-state index < -0.39 is 17.7 Å². The first-order valence-electron chi connectivity index (χ1n) is 5.12. The molecule has 1 aromatic rings. The summed E-state index contributed by atoms with van der Waals surface area (Å²) in [6.07, 6.45) is 0.162. The summed E-state index contributed by atoms with van der Waals surface area (Å²) in [5.41, 5.74) is 0.217. The van der Waals surface area contributed by atoms with Crippen LogP contribution in [0.1, 0.15) is 5.56 Å². The molecule has 2 rings (SSSR count). The number of carbonyl (C=O) groups excluding carboxylic acids is 1. The highest BCUT2D eigenvalue weighted by molar-refractivity contribution is 5.82. The first-order valence-corrected chi connectivity index (χ1v) is 5.12. The smallest absolute Gasteiger partial charge is 0.237 e. The van der Waals surface area contributed by atoms with E-state index in [1.807, 2.05) is 0 Å². The van der Waals surface area contributed by atoms with Crippen molar-refractivity contribution in [3.8, 4) is 0 Å². The maximum atomic E-state index is 13.3. The quantitative estimate of drug-likeness (QED) is 0.775. The third-order valence-electron chi connectivity index (χ3n) is 2.59. The first kappa shape index (κ1) is 11.0. The Morgan fingerprint density at radius 3 is 2.88 bits per heavy atom. The van der Waals surface area contributed by atoms with Gasteiger partial charge in [0.25, 0.3) is 0 Å². The minimum Gasteiger partial charge on any atom is -0.353 e. The van der Waals surface area contributed by atoms with Gasteiger partial charge < -0.3 is 10.6 Å². The molecule has 0 saturated carbocycles. The molecular formula is C11H12F2N2O. The molecule has 1 amide bonds. The Labute approximate surface area is 91.8 Å². The number of hydrogen-bond acceptors (Lipinski definition) is 2. The average Bonchev–Trinajstić information content (AvgIpc) is 2.28. The molecule has 16 heavy (non-hydrogen) atoms. The Balaban J connectivity index is 2.14. The second kappa shape index (κ2) is 4.57. The summed E-state index contributed by atoms with van der Waals surface area (Å²) < 4.78 is 26.3. The van der Waals surface area contributed by atoms with Crippen LogP contribution in [0.4, 0.5) is 8.78 Å². The van der Waals surface area contributed by atoms with Crippen LogP contribution in [0.5, 0.6) is 0 Å². The van der Waals surface area contributed by atoms with Crippen molar-refractivity contribution in [1.82, 2.24) is 10.6 Å². The Kier molecular flexibility index (Phi) is 3.14. The monoisotopic (exact) mass is 226 g/mol. The zero-order chi connectivity index (χ0) is 11.5. The molecule has 86 valence electrons. The van der Waals surface area contributed by atoms with E-state index in [1.54, 1.807) is 0 Å². The number of rotatable bonds is 2. The minimum absolute atomic E-state index is 0.162. The zero-order valence-corrected chi connectivity index (χ0v) is 8.59. The molecule has 0 aromatic heterocycles. The maximum absolute atomic E-state index is 13.3. The number of amides is 1. The molecular weight excluding hydrogens is 214 g/mol. The third kappa shape index (κ3) is 2.19. The van der Waals surface area contributed by atoms with Crippen LogP contribution in [0.3, 0.4) is 0 Å². The van der Waals surface area contributed by atoms with Gasteiger partial charge in [-0.2, -0.15) is 0 Å². The fourth-order valence-electron chi connectivity index (χ4n) is 1.74. The van der Waals surface area contributed by atoms with Gasteiger partial charge >= 0.3 is 0 Å². The van der Waals surface area contributed by atoms with Gasteiger partial charge in [0.15, 0.2) is 11.6 Å². The molecule has 5 heteroatoms. The summed E-state index contributed by atoms with van der Waals surface area (Å²) in [6, 6.07) is 3.51. The number of carbonyl (C=O) groups is 1. The van der Waals surface area contributed by atoms with Crippen LogP contribution < -0.4 is 10.6 Å². The highest BCUT2D eigenvalue weighted by Gasteiger charge is 2.23. The first-order chi connectivity index (χ1) is 7.68. The third-order valence-corrected chi connectivity index (χ3v) is 2.59. The van der Waals surface area contributed by atoms with Crippen molar-refractivity contribution >= 4 is 5.91 Å². The van der Waals surface area contributed by atoms with Crippen molar-refractivity contribution in [1.29, 1.82) is 0 Å². The lowest BCUT2D eigenvalue weighted by Gasteiger charge is -2.23. The van der Waals surface area contributed by atoms with E-state index in [1.165, 1.54) is 12.1 Å². The van der Waals surface area contributed by atoms with E-state index in [2.05, 4.69) is 10.6 Å². The van der Waals surface area contributed by atoms with E-state index in [9.17, 15) is 13.6 Å². The molecule has 1 aliphatic rings. The lowest BCUT2D eigenvalue weighted by Crippen LogP contribution is -2.53. The molecule has 1 heterocycles. The standard InChI is InChI=1S/C11H12F2N2O/c12-8-3-1-2-7(10(8)13)6-9-11(16)15-5-4-14-9/h1-3,9,14H,4-6H2,(H,15,16)/t9-/m0/s1. The molecule has 1 atom stereocenters. The lowest BCUT2D eigenvalue weighted by molar-refractivity contribution is -0.124. The fourth-order valence-corrected chi connectivity index (χ4v) is 1.74. The maximum Gasteiger partial charge on any atom is 0.237 e. The number of halogens is 2. The number of hydrogen-bond donors (Lipinski definition) is 2. The van der Waals surface area contributed by atoms with Gasteiger partial charge in [0, 0.05) is 13.1 Å². The molecule has 0 unspecified atom stereocenters. The van der Waals surface area contributed by atoms with Gasteiger partial charge in [0.2, 0.25) is 5.91 Å². The molecule has 0 radical (unpaired) electrons. The number of piperazine rings is 1. The van der Waals surface area contributed by atoms with Crippen LogP contribution in [0.15, 0.2) is 18.2 Å². The summed E-state index contributed by atoms with van der Waals surface area (Å²) in [4.78, 5) is 11.4. The van der Waals surface area contributed by atoms with Crippen LogP contribution in [-0.4, -0.2) is 25.0 Å². The molecule has 0 spiro atoms. The Morgan fingerprint density at radius 1 is 1.31 bits per heavy atom. The van der Waals surface area contributed by atoms with E-state index in [-0.39, 0.29) is 17.9 Å². The van der Waals surface area contributed by atoms with Crippen LogP contribution in [0.25, 0.3) is 0 Å². The summed E-state index contributed by atoms with van der Waals surface area (Å²) in [5, 5.41) is 5.63. The van der Waals surface area contributed by atoms with Crippen LogP contribution in [0, 0.1) is 11.6 Å². The summed E-state index contributed by atoms with van der Waals surface area (Å²) in [7, 11) is 0. The molecule has 0 bridgehead atoms. The van der Waals surface area contributed by atoms with Gasteiger partial charge in [-0.15, -0.1) is 0 Å². The second-order valence-corrected chi connectivity index (χ2v) is 3.71. The molecule has 2 N–H and O–H groups in total. The minimum atomic E-state index is -0.881. The lowest BCUT2D eigenvalue weighted by atomic mass is 10.0. The number of benzene rings is 1. The number of nitrogens with one attached hydrogen (secondary N) is 2. The topological polar surface area (TPSA) is 41.1 Å².